The van der Waals surface area contributed by atoms with Gasteiger partial charge in [0.15, 0.2) is 0 Å². The van der Waals surface area contributed by atoms with Crippen LogP contribution in [-0.2, 0) is 9.59 Å². The molecule has 0 aliphatic carbocycles. The van der Waals surface area contributed by atoms with Gasteiger partial charge in [0.2, 0.25) is 0 Å². The van der Waals surface area contributed by atoms with E-state index in [2.05, 4.69) is 10.6 Å². The highest BCUT2D eigenvalue weighted by molar-refractivity contribution is 5.72. The standard InChI is InChI=1S/C7H15NO2.C6H13NO2/c1-5(6(9)10)8-7(2,3)4;1-6(2,3)7-4-5(8)9/h5,8H,1-4H3,(H,9,10);7H,4H2,1-3H3,(H,8,9)/t5-;/m0./s1. The number of carboxylic acid groups (broad SMARTS) is 2. The zero-order valence-corrected chi connectivity index (χ0v) is 13.0. The molecule has 19 heavy (non-hydrogen) atoms. The average molecular weight is 276 g/mol. The molecule has 6 heteroatoms. The lowest BCUT2D eigenvalue weighted by molar-refractivity contribution is -0.139. The molecule has 4 N–H and O–H groups in total. The number of rotatable bonds is 4. The van der Waals surface area contributed by atoms with Crippen LogP contribution in [-0.4, -0.2) is 45.8 Å². The second-order valence-electron chi connectivity index (χ2n) is 6.45. The fourth-order valence-corrected chi connectivity index (χ4v) is 1.05. The highest BCUT2D eigenvalue weighted by atomic mass is 16.4. The Morgan fingerprint density at radius 2 is 1.42 bits per heavy atom. The zero-order valence-electron chi connectivity index (χ0n) is 13.0. The van der Waals surface area contributed by atoms with Gasteiger partial charge in [0.25, 0.3) is 0 Å². The van der Waals surface area contributed by atoms with Gasteiger partial charge in [0.05, 0.1) is 6.54 Å². The molecule has 0 spiro atoms. The number of nitrogens with one attached hydrogen (secondary N) is 2. The Labute approximate surface area is 115 Å². The summed E-state index contributed by atoms with van der Waals surface area (Å²) in [5, 5.41) is 22.4. The van der Waals surface area contributed by atoms with E-state index in [1.807, 2.05) is 41.5 Å². The molecule has 0 aromatic heterocycles. The van der Waals surface area contributed by atoms with Crippen molar-refractivity contribution in [2.24, 2.45) is 0 Å². The van der Waals surface area contributed by atoms with E-state index in [1.165, 1.54) is 0 Å². The molecule has 0 aliphatic rings. The lowest BCUT2D eigenvalue weighted by atomic mass is 10.1. The highest BCUT2D eigenvalue weighted by Gasteiger charge is 2.17. The summed E-state index contributed by atoms with van der Waals surface area (Å²) in [6.07, 6.45) is 0. The fraction of sp³-hybridized carbons (Fsp3) is 0.846. The molecule has 0 heterocycles. The van der Waals surface area contributed by atoms with Gasteiger partial charge in [-0.05, 0) is 48.5 Å². The van der Waals surface area contributed by atoms with Crippen LogP contribution in [0.4, 0.5) is 0 Å². The largest absolute Gasteiger partial charge is 0.480 e. The summed E-state index contributed by atoms with van der Waals surface area (Å²) in [7, 11) is 0. The van der Waals surface area contributed by atoms with Crippen molar-refractivity contribution in [3.63, 3.8) is 0 Å². The summed E-state index contributed by atoms with van der Waals surface area (Å²) in [5.41, 5.74) is -0.226. The molecule has 1 atom stereocenters. The quantitative estimate of drug-likeness (QED) is 0.618. The van der Waals surface area contributed by atoms with Gasteiger partial charge < -0.3 is 15.5 Å². The van der Waals surface area contributed by atoms with Crippen molar-refractivity contribution in [3.8, 4) is 0 Å². The van der Waals surface area contributed by atoms with Crippen LogP contribution in [0.1, 0.15) is 48.5 Å². The Hall–Kier alpha value is -1.14. The summed E-state index contributed by atoms with van der Waals surface area (Å²) in [6.45, 7) is 13.3. The van der Waals surface area contributed by atoms with E-state index in [0.717, 1.165) is 0 Å². The first kappa shape index (κ1) is 20.2. The van der Waals surface area contributed by atoms with Crippen LogP contribution in [0, 0.1) is 0 Å². The summed E-state index contributed by atoms with van der Waals surface area (Å²) in [4.78, 5) is 20.3. The van der Waals surface area contributed by atoms with Gasteiger partial charge in [0.1, 0.15) is 6.04 Å². The minimum Gasteiger partial charge on any atom is -0.480 e. The van der Waals surface area contributed by atoms with Crippen LogP contribution in [0.5, 0.6) is 0 Å². The number of hydrogen-bond acceptors (Lipinski definition) is 4. The monoisotopic (exact) mass is 276 g/mol. The van der Waals surface area contributed by atoms with Gasteiger partial charge in [-0.25, -0.2) is 0 Å². The van der Waals surface area contributed by atoms with Crippen LogP contribution in [0.25, 0.3) is 0 Å². The molecule has 0 amide bonds. The summed E-state index contributed by atoms with van der Waals surface area (Å²) < 4.78 is 0. The van der Waals surface area contributed by atoms with Gasteiger partial charge in [-0.2, -0.15) is 0 Å². The maximum atomic E-state index is 10.3. The second-order valence-corrected chi connectivity index (χ2v) is 6.45. The molecule has 0 saturated heterocycles. The van der Waals surface area contributed by atoms with Crippen molar-refractivity contribution in [2.75, 3.05) is 6.54 Å². The molecular formula is C13H28N2O4. The third-order valence-electron chi connectivity index (χ3n) is 1.79. The number of carboxylic acids is 2. The van der Waals surface area contributed by atoms with Crippen molar-refractivity contribution in [3.05, 3.63) is 0 Å². The Morgan fingerprint density at radius 3 is 1.53 bits per heavy atom. The third-order valence-corrected chi connectivity index (χ3v) is 1.79. The zero-order chi connectivity index (χ0) is 15.9. The Bertz CT molecular complexity index is 290. The molecule has 0 radical (unpaired) electrons. The smallest absolute Gasteiger partial charge is 0.320 e. The van der Waals surface area contributed by atoms with Crippen LogP contribution in [0.3, 0.4) is 0 Å². The topological polar surface area (TPSA) is 98.7 Å². The first-order valence-corrected chi connectivity index (χ1v) is 6.22. The van der Waals surface area contributed by atoms with Crippen molar-refractivity contribution in [2.45, 2.75) is 65.6 Å². The Morgan fingerprint density at radius 1 is 1.00 bits per heavy atom. The fourth-order valence-electron chi connectivity index (χ4n) is 1.05. The lowest BCUT2D eigenvalue weighted by Gasteiger charge is -2.23. The van der Waals surface area contributed by atoms with Crippen molar-refractivity contribution >= 4 is 11.9 Å². The van der Waals surface area contributed by atoms with Gasteiger partial charge in [-0.15, -0.1) is 0 Å². The van der Waals surface area contributed by atoms with E-state index in [4.69, 9.17) is 10.2 Å². The Balaban J connectivity index is 0. The molecule has 0 saturated carbocycles. The van der Waals surface area contributed by atoms with Crippen LogP contribution in [0.2, 0.25) is 0 Å². The third kappa shape index (κ3) is 19.4. The molecule has 0 aliphatic heterocycles. The highest BCUT2D eigenvalue weighted by Crippen LogP contribution is 2.00. The molecule has 0 aromatic carbocycles. The number of aliphatic carboxylic acids is 2. The number of hydrogen-bond donors (Lipinski definition) is 4. The van der Waals surface area contributed by atoms with E-state index >= 15 is 0 Å². The van der Waals surface area contributed by atoms with Gasteiger partial charge in [-0.3, -0.25) is 14.9 Å². The van der Waals surface area contributed by atoms with Crippen LogP contribution >= 0.6 is 0 Å². The van der Waals surface area contributed by atoms with E-state index in [9.17, 15) is 9.59 Å². The molecule has 6 nitrogen and oxygen atoms in total. The SMILES string of the molecule is CC(C)(C)NCC(=O)O.C[C@H](NC(C)(C)C)C(=O)O. The normalized spacial score (nSPS) is 13.2. The average Bonchev–Trinajstić information content (AvgIpc) is 2.11. The Kier molecular flexibility index (Phi) is 8.62. The van der Waals surface area contributed by atoms with E-state index in [0.29, 0.717) is 0 Å². The van der Waals surface area contributed by atoms with Crippen molar-refractivity contribution < 1.29 is 19.8 Å². The molecule has 0 aromatic rings. The minimum absolute atomic E-state index is 0.0312. The maximum absolute atomic E-state index is 10.3. The summed E-state index contributed by atoms with van der Waals surface area (Å²) in [5.74, 6) is -1.63. The van der Waals surface area contributed by atoms with Crippen LogP contribution in [0.15, 0.2) is 0 Å². The summed E-state index contributed by atoms with van der Waals surface area (Å²) >= 11 is 0. The molecule has 0 rings (SSSR count). The predicted octanol–water partition coefficient (Wildman–Crippen LogP) is 1.31. The predicted molar refractivity (Wildman–Crippen MR) is 75.4 cm³/mol. The van der Waals surface area contributed by atoms with E-state index in [1.54, 1.807) is 6.92 Å². The van der Waals surface area contributed by atoms with Crippen LogP contribution < -0.4 is 10.6 Å². The summed E-state index contributed by atoms with van der Waals surface area (Å²) in [6, 6.07) is -0.472. The van der Waals surface area contributed by atoms with Gasteiger partial charge in [-0.1, -0.05) is 0 Å². The lowest BCUT2D eigenvalue weighted by Crippen LogP contribution is -2.45. The maximum Gasteiger partial charge on any atom is 0.320 e. The van der Waals surface area contributed by atoms with Crippen molar-refractivity contribution in [1.82, 2.24) is 10.6 Å². The first-order chi connectivity index (χ1) is 8.24. The second kappa shape index (κ2) is 8.12. The molecule has 0 bridgehead atoms. The molecular weight excluding hydrogens is 248 g/mol. The van der Waals surface area contributed by atoms with Gasteiger partial charge in [0, 0.05) is 11.1 Å². The molecule has 114 valence electrons. The first-order valence-electron chi connectivity index (χ1n) is 6.22. The van der Waals surface area contributed by atoms with E-state index in [-0.39, 0.29) is 17.6 Å². The van der Waals surface area contributed by atoms with Gasteiger partial charge >= 0.3 is 11.9 Å². The molecule has 0 fully saturated rings. The van der Waals surface area contributed by atoms with E-state index < -0.39 is 18.0 Å². The molecule has 0 unspecified atom stereocenters. The minimum atomic E-state index is -0.815. The number of carbonyl (C=O) groups is 2. The van der Waals surface area contributed by atoms with Crippen molar-refractivity contribution in [1.29, 1.82) is 0 Å².